The first-order valence-electron chi connectivity index (χ1n) is 7.28. The summed E-state index contributed by atoms with van der Waals surface area (Å²) in [6.45, 7) is 3.31. The van der Waals surface area contributed by atoms with Gasteiger partial charge in [-0.05, 0) is 24.6 Å². The Hall–Kier alpha value is -1.90. The minimum absolute atomic E-state index is 0.0858. The Morgan fingerprint density at radius 1 is 1.57 bits per heavy atom. The van der Waals surface area contributed by atoms with E-state index in [-0.39, 0.29) is 24.0 Å². The Morgan fingerprint density at radius 2 is 2.39 bits per heavy atom. The van der Waals surface area contributed by atoms with Gasteiger partial charge in [-0.3, -0.25) is 4.79 Å². The number of ether oxygens (including phenoxy) is 2. The van der Waals surface area contributed by atoms with E-state index < -0.39 is 5.97 Å². The number of fused-ring (bicyclic) bond motifs is 1. The Morgan fingerprint density at radius 3 is 3.13 bits per heavy atom. The number of aromatic nitrogens is 3. The van der Waals surface area contributed by atoms with E-state index in [1.54, 1.807) is 16.8 Å². The maximum atomic E-state index is 11.0. The molecule has 1 aliphatic heterocycles. The number of anilines is 1. The van der Waals surface area contributed by atoms with Gasteiger partial charge in [0.1, 0.15) is 18.2 Å². The second-order valence-corrected chi connectivity index (χ2v) is 5.53. The zero-order valence-electron chi connectivity index (χ0n) is 12.5. The number of rotatable bonds is 6. The van der Waals surface area contributed by atoms with E-state index in [4.69, 9.17) is 26.2 Å². The van der Waals surface area contributed by atoms with Crippen LogP contribution in [0, 0.1) is 0 Å². The van der Waals surface area contributed by atoms with Crippen LogP contribution in [-0.4, -0.2) is 57.6 Å². The van der Waals surface area contributed by atoms with Crippen LogP contribution in [0.25, 0.3) is 11.0 Å². The van der Waals surface area contributed by atoms with Gasteiger partial charge in [0, 0.05) is 12.8 Å². The second kappa shape index (κ2) is 6.69. The predicted molar refractivity (Wildman–Crippen MR) is 83.8 cm³/mol. The lowest BCUT2D eigenvalue weighted by Gasteiger charge is -2.20. The highest BCUT2D eigenvalue weighted by Crippen LogP contribution is 2.25. The van der Waals surface area contributed by atoms with Crippen LogP contribution in [0.2, 0.25) is 5.28 Å². The first-order chi connectivity index (χ1) is 11.1. The molecule has 2 atom stereocenters. The molecule has 2 N–H and O–H groups in total. The van der Waals surface area contributed by atoms with Crippen molar-refractivity contribution in [3.05, 3.63) is 17.5 Å². The molecule has 0 radical (unpaired) electrons. The summed E-state index contributed by atoms with van der Waals surface area (Å²) in [5.74, 6) is -0.466. The SMILES string of the molecule is CCO[C@@H]1COC[C@H]1Nc1nc(Cl)nc2ccn(CC(=O)O)c12. The van der Waals surface area contributed by atoms with Gasteiger partial charge in [0.15, 0.2) is 5.82 Å². The van der Waals surface area contributed by atoms with Gasteiger partial charge in [-0.2, -0.15) is 4.98 Å². The molecule has 2 aromatic heterocycles. The molecule has 0 saturated carbocycles. The summed E-state index contributed by atoms with van der Waals surface area (Å²) >= 11 is 5.97. The largest absolute Gasteiger partial charge is 0.480 e. The van der Waals surface area contributed by atoms with Crippen molar-refractivity contribution in [2.24, 2.45) is 0 Å². The highest BCUT2D eigenvalue weighted by atomic mass is 35.5. The van der Waals surface area contributed by atoms with E-state index in [9.17, 15) is 4.79 Å². The van der Waals surface area contributed by atoms with Gasteiger partial charge in [0.2, 0.25) is 5.28 Å². The highest BCUT2D eigenvalue weighted by Gasteiger charge is 2.30. The number of carboxylic acid groups (broad SMARTS) is 1. The van der Waals surface area contributed by atoms with Crippen LogP contribution < -0.4 is 5.32 Å². The molecule has 2 aromatic rings. The zero-order chi connectivity index (χ0) is 16.4. The fourth-order valence-corrected chi connectivity index (χ4v) is 2.86. The van der Waals surface area contributed by atoms with Crippen molar-refractivity contribution in [1.29, 1.82) is 0 Å². The van der Waals surface area contributed by atoms with Crippen molar-refractivity contribution in [1.82, 2.24) is 14.5 Å². The smallest absolute Gasteiger partial charge is 0.323 e. The molecule has 0 aromatic carbocycles. The lowest BCUT2D eigenvalue weighted by Crippen LogP contribution is -2.34. The summed E-state index contributed by atoms with van der Waals surface area (Å²) in [6, 6.07) is 1.62. The molecular weight excluding hydrogens is 324 g/mol. The topological polar surface area (TPSA) is 98.5 Å². The van der Waals surface area contributed by atoms with Crippen LogP contribution in [0.3, 0.4) is 0 Å². The van der Waals surface area contributed by atoms with E-state index in [2.05, 4.69) is 15.3 Å². The molecule has 1 aliphatic rings. The lowest BCUT2D eigenvalue weighted by atomic mass is 10.2. The fraction of sp³-hybridized carbons (Fsp3) is 0.500. The first kappa shape index (κ1) is 16.0. The quantitative estimate of drug-likeness (QED) is 0.766. The molecule has 23 heavy (non-hydrogen) atoms. The Bertz CT molecular complexity index is 720. The van der Waals surface area contributed by atoms with Crippen molar-refractivity contribution in [3.63, 3.8) is 0 Å². The minimum atomic E-state index is -0.945. The van der Waals surface area contributed by atoms with Crippen LogP contribution in [-0.2, 0) is 20.8 Å². The molecule has 3 rings (SSSR count). The fourth-order valence-electron chi connectivity index (χ4n) is 2.68. The van der Waals surface area contributed by atoms with Gasteiger partial charge in [0.25, 0.3) is 0 Å². The van der Waals surface area contributed by atoms with Crippen molar-refractivity contribution in [2.45, 2.75) is 25.6 Å². The van der Waals surface area contributed by atoms with Gasteiger partial charge < -0.3 is 24.5 Å². The number of nitrogens with one attached hydrogen (secondary N) is 1. The van der Waals surface area contributed by atoms with Crippen LogP contribution >= 0.6 is 11.6 Å². The van der Waals surface area contributed by atoms with Crippen molar-refractivity contribution >= 4 is 34.4 Å². The van der Waals surface area contributed by atoms with E-state index in [0.717, 1.165) is 0 Å². The van der Waals surface area contributed by atoms with Gasteiger partial charge >= 0.3 is 5.97 Å². The second-order valence-electron chi connectivity index (χ2n) is 5.19. The summed E-state index contributed by atoms with van der Waals surface area (Å²) < 4.78 is 12.7. The molecule has 0 bridgehead atoms. The van der Waals surface area contributed by atoms with E-state index in [1.807, 2.05) is 6.92 Å². The predicted octanol–water partition coefficient (Wildman–Crippen LogP) is 1.39. The monoisotopic (exact) mass is 340 g/mol. The van der Waals surface area contributed by atoms with Gasteiger partial charge in [0.05, 0.1) is 24.8 Å². The van der Waals surface area contributed by atoms with Crippen molar-refractivity contribution < 1.29 is 19.4 Å². The van der Waals surface area contributed by atoms with Gasteiger partial charge in [-0.25, -0.2) is 4.98 Å². The maximum absolute atomic E-state index is 11.0. The number of hydrogen-bond donors (Lipinski definition) is 2. The standard InChI is InChI=1S/C14H17ClN4O4/c1-2-23-10-7-22-6-9(10)16-13-12-8(17-14(15)18-13)3-4-19(12)5-11(20)21/h3-4,9-10H,2,5-7H2,1H3,(H,20,21)(H,16,17,18)/t9-,10-/m1/s1. The number of hydrogen-bond acceptors (Lipinski definition) is 6. The summed E-state index contributed by atoms with van der Waals surface area (Å²) in [4.78, 5) is 19.4. The molecule has 0 aliphatic carbocycles. The molecule has 0 unspecified atom stereocenters. The van der Waals surface area contributed by atoms with E-state index in [1.165, 1.54) is 0 Å². The summed E-state index contributed by atoms with van der Waals surface area (Å²) in [5.41, 5.74) is 1.18. The number of nitrogens with zero attached hydrogens (tertiary/aromatic N) is 3. The van der Waals surface area contributed by atoms with Gasteiger partial charge in [-0.15, -0.1) is 0 Å². The highest BCUT2D eigenvalue weighted by molar-refractivity contribution is 6.28. The Kier molecular flexibility index (Phi) is 4.65. The molecular formula is C14H17ClN4O4. The van der Waals surface area contributed by atoms with Crippen molar-refractivity contribution in [2.75, 3.05) is 25.1 Å². The van der Waals surface area contributed by atoms with Gasteiger partial charge in [-0.1, -0.05) is 0 Å². The van der Waals surface area contributed by atoms with Crippen LogP contribution in [0.15, 0.2) is 12.3 Å². The average molecular weight is 341 g/mol. The van der Waals surface area contributed by atoms with E-state index in [0.29, 0.717) is 36.7 Å². The summed E-state index contributed by atoms with van der Waals surface area (Å²) in [7, 11) is 0. The molecule has 9 heteroatoms. The molecule has 0 spiro atoms. The first-order valence-corrected chi connectivity index (χ1v) is 7.66. The molecule has 124 valence electrons. The molecule has 8 nitrogen and oxygen atoms in total. The number of carboxylic acids is 1. The van der Waals surface area contributed by atoms with Crippen LogP contribution in [0.5, 0.6) is 0 Å². The molecule has 3 heterocycles. The number of aliphatic carboxylic acids is 1. The normalized spacial score (nSPS) is 21.0. The summed E-state index contributed by atoms with van der Waals surface area (Å²) in [6.07, 6.45) is 1.56. The zero-order valence-corrected chi connectivity index (χ0v) is 13.3. The molecule has 0 amide bonds. The summed E-state index contributed by atoms with van der Waals surface area (Å²) in [5, 5.41) is 12.4. The van der Waals surface area contributed by atoms with E-state index >= 15 is 0 Å². The third kappa shape index (κ3) is 3.39. The molecule has 1 saturated heterocycles. The van der Waals surface area contributed by atoms with Crippen LogP contribution in [0.4, 0.5) is 5.82 Å². The lowest BCUT2D eigenvalue weighted by molar-refractivity contribution is -0.137. The average Bonchev–Trinajstić information content (AvgIpc) is 3.06. The van der Waals surface area contributed by atoms with Crippen molar-refractivity contribution in [3.8, 4) is 0 Å². The number of carbonyl (C=O) groups is 1. The Labute approximate surface area is 137 Å². The maximum Gasteiger partial charge on any atom is 0.323 e. The minimum Gasteiger partial charge on any atom is -0.480 e. The number of halogens is 1. The Balaban J connectivity index is 1.95. The third-order valence-electron chi connectivity index (χ3n) is 3.62. The molecule has 1 fully saturated rings. The third-order valence-corrected chi connectivity index (χ3v) is 3.79. The van der Waals surface area contributed by atoms with Crippen LogP contribution in [0.1, 0.15) is 6.92 Å².